The van der Waals surface area contributed by atoms with E-state index >= 15 is 0 Å². The van der Waals surface area contributed by atoms with Crippen LogP contribution in [0.5, 0.6) is 11.5 Å². The average Bonchev–Trinajstić information content (AvgIpc) is 2.72. The number of alkyl halides is 2. The third kappa shape index (κ3) is 9.17. The second-order valence-corrected chi connectivity index (χ2v) is 6.67. The van der Waals surface area contributed by atoms with Gasteiger partial charge in [0.15, 0.2) is 17.5 Å². The highest BCUT2D eigenvalue weighted by atomic mass is 127. The van der Waals surface area contributed by atoms with Crippen molar-refractivity contribution < 1.29 is 23.0 Å². The molecule has 10 heteroatoms. The molecule has 7 nitrogen and oxygen atoms in total. The number of rotatable bonds is 10. The van der Waals surface area contributed by atoms with E-state index in [0.717, 1.165) is 45.0 Å². The van der Waals surface area contributed by atoms with Crippen LogP contribution in [-0.4, -0.2) is 69.5 Å². The van der Waals surface area contributed by atoms with Gasteiger partial charge in [0.2, 0.25) is 0 Å². The Morgan fingerprint density at radius 3 is 2.57 bits per heavy atom. The lowest BCUT2D eigenvalue weighted by atomic mass is 10.2. The number of guanidine groups is 1. The second kappa shape index (κ2) is 14.6. The molecule has 1 aliphatic rings. The summed E-state index contributed by atoms with van der Waals surface area (Å²) in [4.78, 5) is 6.98. The fraction of sp³-hybridized carbons (Fsp3) is 0.650. The first-order valence-corrected chi connectivity index (χ1v) is 10.1. The topological polar surface area (TPSA) is 67.4 Å². The minimum Gasteiger partial charge on any atom is -0.490 e. The van der Waals surface area contributed by atoms with Crippen molar-refractivity contribution in [1.29, 1.82) is 0 Å². The summed E-state index contributed by atoms with van der Waals surface area (Å²) in [6.45, 7) is 8.73. The first-order valence-electron chi connectivity index (χ1n) is 10.1. The van der Waals surface area contributed by atoms with Crippen LogP contribution in [0.2, 0.25) is 0 Å². The van der Waals surface area contributed by atoms with E-state index in [1.54, 1.807) is 19.1 Å². The third-order valence-corrected chi connectivity index (χ3v) is 4.52. The lowest BCUT2D eigenvalue weighted by Crippen LogP contribution is -2.49. The van der Waals surface area contributed by atoms with Crippen molar-refractivity contribution in [3.05, 3.63) is 23.8 Å². The van der Waals surface area contributed by atoms with Gasteiger partial charge in [-0.2, -0.15) is 8.78 Å². The molecule has 2 rings (SSSR count). The van der Waals surface area contributed by atoms with Crippen molar-refractivity contribution >= 4 is 29.9 Å². The maximum Gasteiger partial charge on any atom is 0.387 e. The summed E-state index contributed by atoms with van der Waals surface area (Å²) in [7, 11) is 0. The molecule has 2 N–H and O–H groups in total. The van der Waals surface area contributed by atoms with Gasteiger partial charge in [0, 0.05) is 32.2 Å². The number of nitrogens with zero attached hydrogens (tertiary/aromatic N) is 2. The Bertz CT molecular complexity index is 646. The molecule has 1 heterocycles. The van der Waals surface area contributed by atoms with E-state index in [1.165, 1.54) is 6.07 Å². The van der Waals surface area contributed by atoms with Crippen LogP contribution in [0.15, 0.2) is 23.2 Å². The highest BCUT2D eigenvalue weighted by molar-refractivity contribution is 14.0. The van der Waals surface area contributed by atoms with E-state index in [9.17, 15) is 8.78 Å². The van der Waals surface area contributed by atoms with Gasteiger partial charge in [0.1, 0.15) is 0 Å². The van der Waals surface area contributed by atoms with Crippen LogP contribution in [0.25, 0.3) is 0 Å². The van der Waals surface area contributed by atoms with E-state index in [-0.39, 0.29) is 29.7 Å². The normalized spacial score (nSPS) is 16.0. The minimum absolute atomic E-state index is 0. The predicted octanol–water partition coefficient (Wildman–Crippen LogP) is 3.08. The molecule has 0 aliphatic carbocycles. The Balaban J connectivity index is 0.00000450. The van der Waals surface area contributed by atoms with Crippen LogP contribution in [0.3, 0.4) is 0 Å². The molecular weight excluding hydrogens is 509 g/mol. The number of benzene rings is 1. The number of ether oxygens (including phenoxy) is 3. The number of halogens is 3. The molecule has 0 saturated carbocycles. The van der Waals surface area contributed by atoms with Gasteiger partial charge in [-0.05, 0) is 38.5 Å². The van der Waals surface area contributed by atoms with Crippen LogP contribution in [0, 0.1) is 0 Å². The highest BCUT2D eigenvalue weighted by Crippen LogP contribution is 2.30. The van der Waals surface area contributed by atoms with Crippen molar-refractivity contribution in [3.63, 3.8) is 0 Å². The van der Waals surface area contributed by atoms with Gasteiger partial charge in [-0.3, -0.25) is 4.90 Å². The van der Waals surface area contributed by atoms with Gasteiger partial charge in [0.05, 0.1) is 26.4 Å². The Morgan fingerprint density at radius 2 is 1.93 bits per heavy atom. The zero-order chi connectivity index (χ0) is 21.1. The van der Waals surface area contributed by atoms with Crippen LogP contribution in [-0.2, 0) is 11.3 Å². The molecule has 1 atom stereocenters. The maximum atomic E-state index is 12.5. The van der Waals surface area contributed by atoms with Gasteiger partial charge in [-0.15, -0.1) is 24.0 Å². The monoisotopic (exact) mass is 542 g/mol. The standard InChI is InChI=1S/C20H32F2N4O3.HI/c1-4-23-20(24-13-15(3)26-8-10-27-11-9-26)25-14-16-6-7-17(29-19(21)22)18(12-16)28-5-2;/h6-7,12,15,19H,4-5,8-11,13-14H2,1-3H3,(H2,23,24,25);1H. The molecule has 1 saturated heterocycles. The third-order valence-electron chi connectivity index (χ3n) is 4.52. The van der Waals surface area contributed by atoms with E-state index in [4.69, 9.17) is 9.47 Å². The SMILES string of the molecule is CCNC(=NCc1ccc(OC(F)F)c(OCC)c1)NCC(C)N1CCOCC1.I. The molecule has 1 aromatic carbocycles. The summed E-state index contributed by atoms with van der Waals surface area (Å²) in [6, 6.07) is 5.25. The first kappa shape index (κ1) is 26.6. The van der Waals surface area contributed by atoms with Crippen molar-refractivity contribution in [2.45, 2.75) is 40.0 Å². The quantitative estimate of drug-likeness (QED) is 0.269. The Hall–Kier alpha value is -1.40. The van der Waals surface area contributed by atoms with E-state index in [2.05, 4.69) is 32.2 Å². The van der Waals surface area contributed by atoms with Crippen LogP contribution >= 0.6 is 24.0 Å². The second-order valence-electron chi connectivity index (χ2n) is 6.67. The van der Waals surface area contributed by atoms with Gasteiger partial charge >= 0.3 is 6.61 Å². The highest BCUT2D eigenvalue weighted by Gasteiger charge is 2.17. The number of nitrogens with one attached hydrogen (secondary N) is 2. The van der Waals surface area contributed by atoms with Crippen LogP contribution < -0.4 is 20.1 Å². The lowest BCUT2D eigenvalue weighted by Gasteiger charge is -2.32. The fourth-order valence-corrected chi connectivity index (χ4v) is 3.02. The molecule has 172 valence electrons. The molecular formula is C20H33F2IN4O3. The summed E-state index contributed by atoms with van der Waals surface area (Å²) < 4.78 is 40.4. The van der Waals surface area contributed by atoms with Gasteiger partial charge < -0.3 is 24.8 Å². The smallest absolute Gasteiger partial charge is 0.387 e. The fourth-order valence-electron chi connectivity index (χ4n) is 3.02. The molecule has 0 bridgehead atoms. The lowest BCUT2D eigenvalue weighted by molar-refractivity contribution is -0.0514. The Labute approximate surface area is 194 Å². The first-order chi connectivity index (χ1) is 14.0. The van der Waals surface area contributed by atoms with E-state index in [0.29, 0.717) is 30.9 Å². The van der Waals surface area contributed by atoms with Crippen LogP contribution in [0.4, 0.5) is 8.78 Å². The predicted molar refractivity (Wildman–Crippen MR) is 124 cm³/mol. The Morgan fingerprint density at radius 1 is 1.20 bits per heavy atom. The maximum absolute atomic E-state index is 12.5. The summed E-state index contributed by atoms with van der Waals surface area (Å²) in [5.74, 6) is 1.02. The van der Waals surface area contributed by atoms with Gasteiger partial charge in [-0.25, -0.2) is 4.99 Å². The van der Waals surface area contributed by atoms with Gasteiger partial charge in [-0.1, -0.05) is 6.07 Å². The minimum atomic E-state index is -2.89. The molecule has 1 unspecified atom stereocenters. The van der Waals surface area contributed by atoms with E-state index < -0.39 is 6.61 Å². The van der Waals surface area contributed by atoms with Crippen molar-refractivity contribution in [1.82, 2.24) is 15.5 Å². The molecule has 0 amide bonds. The molecule has 0 spiro atoms. The number of hydrogen-bond acceptors (Lipinski definition) is 5. The summed E-state index contributed by atoms with van der Waals surface area (Å²) in [5, 5.41) is 6.60. The molecule has 1 aromatic rings. The molecule has 1 aliphatic heterocycles. The largest absolute Gasteiger partial charge is 0.490 e. The number of aliphatic imine (C=N–C) groups is 1. The van der Waals surface area contributed by atoms with E-state index in [1.807, 2.05) is 6.92 Å². The van der Waals surface area contributed by atoms with Crippen molar-refractivity contribution in [3.8, 4) is 11.5 Å². The van der Waals surface area contributed by atoms with Crippen molar-refractivity contribution in [2.75, 3.05) is 46.0 Å². The number of hydrogen-bond donors (Lipinski definition) is 2. The van der Waals surface area contributed by atoms with Crippen molar-refractivity contribution in [2.24, 2.45) is 4.99 Å². The van der Waals surface area contributed by atoms with Crippen LogP contribution in [0.1, 0.15) is 26.3 Å². The van der Waals surface area contributed by atoms with Gasteiger partial charge in [0.25, 0.3) is 0 Å². The molecule has 0 radical (unpaired) electrons. The average molecular weight is 542 g/mol. The number of morpholine rings is 1. The zero-order valence-corrected chi connectivity index (χ0v) is 20.2. The summed E-state index contributed by atoms with van der Waals surface area (Å²) >= 11 is 0. The molecule has 1 fully saturated rings. The summed E-state index contributed by atoms with van der Waals surface area (Å²) in [6.07, 6.45) is 0. The zero-order valence-electron chi connectivity index (χ0n) is 17.8. The molecule has 30 heavy (non-hydrogen) atoms. The Kier molecular flexibility index (Phi) is 12.9. The summed E-state index contributed by atoms with van der Waals surface area (Å²) in [5.41, 5.74) is 0.841. The molecule has 0 aromatic heterocycles.